The van der Waals surface area contributed by atoms with Crippen LogP contribution < -0.4 is 5.32 Å². The van der Waals surface area contributed by atoms with Crippen molar-refractivity contribution < 1.29 is 34.8 Å². The molecule has 0 amide bonds. The molecule has 0 aliphatic heterocycles. The second kappa shape index (κ2) is 5.27. The van der Waals surface area contributed by atoms with E-state index >= 15 is 0 Å². The number of nitrogens with one attached hydrogen (secondary N) is 1. The van der Waals surface area contributed by atoms with Crippen molar-refractivity contribution in [2.75, 3.05) is 0 Å². The highest BCUT2D eigenvalue weighted by atomic mass is 16.4. The van der Waals surface area contributed by atoms with Crippen LogP contribution in [0.4, 0.5) is 0 Å². The fourth-order valence-corrected chi connectivity index (χ4v) is 0.781. The van der Waals surface area contributed by atoms with Crippen molar-refractivity contribution in [3.05, 3.63) is 0 Å². The van der Waals surface area contributed by atoms with Crippen LogP contribution in [0.1, 0.15) is 6.92 Å². The number of aliphatic hydroxyl groups is 1. The van der Waals surface area contributed by atoms with Crippen molar-refractivity contribution in [3.8, 4) is 0 Å². The molecule has 86 valence electrons. The Morgan fingerprint density at radius 3 is 1.73 bits per heavy atom. The Labute approximate surface area is 84.1 Å². The van der Waals surface area contributed by atoms with Gasteiger partial charge in [-0.05, 0) is 6.92 Å². The minimum Gasteiger partial charge on any atom is -0.480 e. The van der Waals surface area contributed by atoms with Gasteiger partial charge in [0.2, 0.25) is 0 Å². The van der Waals surface area contributed by atoms with Crippen LogP contribution in [-0.4, -0.2) is 56.5 Å². The van der Waals surface area contributed by atoms with Gasteiger partial charge in [0.25, 0.3) is 0 Å². The number of aliphatic carboxylic acids is 3. The van der Waals surface area contributed by atoms with Crippen LogP contribution in [0.3, 0.4) is 0 Å². The summed E-state index contributed by atoms with van der Waals surface area (Å²) in [6, 6.07) is -3.14. The molecule has 0 spiro atoms. The van der Waals surface area contributed by atoms with Gasteiger partial charge >= 0.3 is 17.9 Å². The maximum atomic E-state index is 10.5. The molecule has 0 saturated heterocycles. The van der Waals surface area contributed by atoms with Crippen molar-refractivity contribution >= 4 is 17.9 Å². The summed E-state index contributed by atoms with van der Waals surface area (Å²) in [4.78, 5) is 31.2. The minimum absolute atomic E-state index is 1.13. The van der Waals surface area contributed by atoms with Gasteiger partial charge in [0.15, 0.2) is 6.10 Å². The molecular weight excluding hydrogens is 210 g/mol. The van der Waals surface area contributed by atoms with Crippen molar-refractivity contribution in [3.63, 3.8) is 0 Å². The van der Waals surface area contributed by atoms with E-state index in [1.807, 2.05) is 5.32 Å². The Hall–Kier alpha value is -1.67. The monoisotopic (exact) mass is 221 g/mol. The second-order valence-corrected chi connectivity index (χ2v) is 2.83. The van der Waals surface area contributed by atoms with Crippen LogP contribution in [0, 0.1) is 0 Å². The van der Waals surface area contributed by atoms with E-state index in [-0.39, 0.29) is 0 Å². The fraction of sp³-hybridized carbons (Fsp3) is 0.571. The summed E-state index contributed by atoms with van der Waals surface area (Å²) in [5.74, 6) is -4.73. The molecule has 8 nitrogen and oxygen atoms in total. The number of hydrogen-bond acceptors (Lipinski definition) is 5. The Bertz CT molecular complexity index is 277. The van der Waals surface area contributed by atoms with Crippen LogP contribution in [0.25, 0.3) is 0 Å². The molecule has 0 radical (unpaired) electrons. The third kappa shape index (κ3) is 3.92. The molecule has 0 aliphatic rings. The van der Waals surface area contributed by atoms with Crippen molar-refractivity contribution in [2.24, 2.45) is 0 Å². The molecule has 5 N–H and O–H groups in total. The van der Waals surface area contributed by atoms with Gasteiger partial charge in [0, 0.05) is 0 Å². The highest BCUT2D eigenvalue weighted by Gasteiger charge is 2.34. The molecule has 0 heterocycles. The third-order valence-corrected chi connectivity index (χ3v) is 1.63. The lowest BCUT2D eigenvalue weighted by Crippen LogP contribution is -2.54. The lowest BCUT2D eigenvalue weighted by molar-refractivity contribution is -0.157. The Morgan fingerprint density at radius 1 is 1.00 bits per heavy atom. The maximum absolute atomic E-state index is 10.5. The molecule has 2 unspecified atom stereocenters. The molecule has 0 bridgehead atoms. The molecule has 0 aliphatic carbocycles. The molecule has 0 aromatic rings. The second-order valence-electron chi connectivity index (χ2n) is 2.83. The molecule has 0 rings (SSSR count). The van der Waals surface area contributed by atoms with E-state index in [1.165, 1.54) is 0 Å². The molecule has 8 heteroatoms. The lowest BCUT2D eigenvalue weighted by Gasteiger charge is -2.19. The number of carbonyl (C=O) groups is 3. The Balaban J connectivity index is 4.62. The summed E-state index contributed by atoms with van der Waals surface area (Å²) in [5.41, 5.74) is 0. The number of carboxylic acids is 3. The van der Waals surface area contributed by atoms with E-state index in [0.717, 1.165) is 6.92 Å². The first-order valence-corrected chi connectivity index (χ1v) is 3.90. The summed E-state index contributed by atoms with van der Waals surface area (Å²) in [6.45, 7) is 1.13. The summed E-state index contributed by atoms with van der Waals surface area (Å²) >= 11 is 0. The van der Waals surface area contributed by atoms with Gasteiger partial charge in [-0.25, -0.2) is 4.79 Å². The summed E-state index contributed by atoms with van der Waals surface area (Å²) in [5, 5.41) is 36.3. The molecule has 0 fully saturated rings. The van der Waals surface area contributed by atoms with Gasteiger partial charge in [0.05, 0.1) is 0 Å². The summed E-state index contributed by atoms with van der Waals surface area (Å²) in [7, 11) is 0. The zero-order valence-electron chi connectivity index (χ0n) is 7.75. The molecule has 0 aromatic heterocycles. The molecular formula is C7H11NO7. The van der Waals surface area contributed by atoms with Crippen LogP contribution >= 0.6 is 0 Å². The lowest BCUT2D eigenvalue weighted by atomic mass is 10.1. The van der Waals surface area contributed by atoms with Gasteiger partial charge in [-0.1, -0.05) is 0 Å². The standard InChI is InChI=1S/C7H11NO7/c1-2(5(10)11)8-3(6(12)13)4(9)7(14)15/h2-4,8-9H,1H3,(H,10,11)(H,12,13)(H,14,15)/t2-,3?,4?/m0/s1. The Morgan fingerprint density at radius 2 is 1.47 bits per heavy atom. The fourth-order valence-electron chi connectivity index (χ4n) is 0.781. The number of aliphatic hydroxyl groups excluding tert-OH is 1. The normalized spacial score (nSPS) is 16.4. The van der Waals surface area contributed by atoms with E-state index in [2.05, 4.69) is 0 Å². The van der Waals surface area contributed by atoms with Crippen molar-refractivity contribution in [2.45, 2.75) is 25.1 Å². The number of carboxylic acid groups (broad SMARTS) is 3. The van der Waals surface area contributed by atoms with E-state index in [4.69, 9.17) is 20.4 Å². The van der Waals surface area contributed by atoms with Gasteiger partial charge in [0.1, 0.15) is 12.1 Å². The van der Waals surface area contributed by atoms with Gasteiger partial charge < -0.3 is 20.4 Å². The molecule has 15 heavy (non-hydrogen) atoms. The number of rotatable bonds is 6. The molecule has 0 aromatic carbocycles. The van der Waals surface area contributed by atoms with Crippen molar-refractivity contribution in [1.29, 1.82) is 0 Å². The largest absolute Gasteiger partial charge is 0.480 e. The zero-order chi connectivity index (χ0) is 12.2. The SMILES string of the molecule is C[C@H](NC(C(=O)O)C(O)C(=O)O)C(=O)O. The Kier molecular flexibility index (Phi) is 4.68. The zero-order valence-corrected chi connectivity index (χ0v) is 7.75. The van der Waals surface area contributed by atoms with Gasteiger partial charge in [-0.3, -0.25) is 14.9 Å². The van der Waals surface area contributed by atoms with E-state index in [9.17, 15) is 14.4 Å². The van der Waals surface area contributed by atoms with Crippen LogP contribution in [-0.2, 0) is 14.4 Å². The summed E-state index contributed by atoms with van der Waals surface area (Å²) in [6.07, 6.45) is -2.20. The average molecular weight is 221 g/mol. The number of hydrogen-bond donors (Lipinski definition) is 5. The highest BCUT2D eigenvalue weighted by molar-refractivity contribution is 5.85. The van der Waals surface area contributed by atoms with Gasteiger partial charge in [-0.2, -0.15) is 0 Å². The quantitative estimate of drug-likeness (QED) is 0.344. The van der Waals surface area contributed by atoms with E-state index in [0.29, 0.717) is 0 Å². The average Bonchev–Trinajstić information content (AvgIpc) is 2.11. The van der Waals surface area contributed by atoms with Gasteiger partial charge in [-0.15, -0.1) is 0 Å². The highest BCUT2D eigenvalue weighted by Crippen LogP contribution is 1.97. The van der Waals surface area contributed by atoms with Crippen LogP contribution in [0.15, 0.2) is 0 Å². The third-order valence-electron chi connectivity index (χ3n) is 1.63. The predicted molar refractivity (Wildman–Crippen MR) is 45.3 cm³/mol. The van der Waals surface area contributed by atoms with Crippen molar-refractivity contribution in [1.82, 2.24) is 5.32 Å². The first kappa shape index (κ1) is 13.3. The maximum Gasteiger partial charge on any atom is 0.334 e. The van der Waals surface area contributed by atoms with E-state index < -0.39 is 36.1 Å². The molecule has 0 saturated carbocycles. The predicted octanol–water partition coefficient (Wildman–Crippen LogP) is -2.05. The van der Waals surface area contributed by atoms with Crippen LogP contribution in [0.2, 0.25) is 0 Å². The summed E-state index contributed by atoms with van der Waals surface area (Å²) < 4.78 is 0. The minimum atomic E-state index is -2.20. The molecule has 3 atom stereocenters. The van der Waals surface area contributed by atoms with E-state index in [1.54, 1.807) is 0 Å². The first-order chi connectivity index (χ1) is 6.77. The first-order valence-electron chi connectivity index (χ1n) is 3.90. The smallest absolute Gasteiger partial charge is 0.334 e. The topological polar surface area (TPSA) is 144 Å². The van der Waals surface area contributed by atoms with Crippen LogP contribution in [0.5, 0.6) is 0 Å².